The second-order valence-corrected chi connectivity index (χ2v) is 7.10. The molecule has 0 spiro atoms. The van der Waals surface area contributed by atoms with E-state index < -0.39 is 44.8 Å². The van der Waals surface area contributed by atoms with E-state index in [1.165, 1.54) is 6.07 Å². The largest absolute Gasteiger partial charge is 0.416 e. The second kappa shape index (κ2) is 9.12. The molecule has 2 aromatic rings. The molecule has 9 nitrogen and oxygen atoms in total. The van der Waals surface area contributed by atoms with Crippen LogP contribution in [0.25, 0.3) is 0 Å². The fourth-order valence-electron chi connectivity index (χ4n) is 3.51. The summed E-state index contributed by atoms with van der Waals surface area (Å²) in [6.45, 7) is 0. The summed E-state index contributed by atoms with van der Waals surface area (Å²) >= 11 is 0. The molecule has 0 N–H and O–H groups in total. The van der Waals surface area contributed by atoms with E-state index in [2.05, 4.69) is 5.16 Å². The summed E-state index contributed by atoms with van der Waals surface area (Å²) in [5, 5.41) is 26.2. The van der Waals surface area contributed by atoms with E-state index in [0.717, 1.165) is 30.3 Å². The average molecular weight is 451 g/mol. The maximum Gasteiger partial charge on any atom is 0.416 e. The zero-order valence-corrected chi connectivity index (χ0v) is 16.4. The minimum absolute atomic E-state index is 0.189. The van der Waals surface area contributed by atoms with Crippen LogP contribution in [0, 0.1) is 20.2 Å². The van der Waals surface area contributed by atoms with Crippen molar-refractivity contribution in [2.45, 2.75) is 37.8 Å². The molecule has 1 saturated carbocycles. The normalized spacial score (nSPS) is 17.7. The molecule has 0 bridgehead atoms. The van der Waals surface area contributed by atoms with Crippen LogP contribution in [0.5, 0.6) is 0 Å². The molecule has 168 valence electrons. The minimum atomic E-state index is -4.63. The molecule has 12 heteroatoms. The van der Waals surface area contributed by atoms with E-state index in [4.69, 9.17) is 4.84 Å². The van der Waals surface area contributed by atoms with E-state index in [1.54, 1.807) is 0 Å². The number of rotatable bonds is 5. The molecule has 1 atom stereocenters. The first kappa shape index (κ1) is 22.8. The van der Waals surface area contributed by atoms with Crippen LogP contribution in [0.1, 0.15) is 53.1 Å². The molecule has 1 fully saturated rings. The average Bonchev–Trinajstić information content (AvgIpc) is 2.76. The van der Waals surface area contributed by atoms with Crippen LogP contribution in [-0.2, 0) is 11.0 Å². The fraction of sp³-hybridized carbons (Fsp3) is 0.300. The summed E-state index contributed by atoms with van der Waals surface area (Å²) in [6, 6.07) is 6.94. The van der Waals surface area contributed by atoms with Crippen molar-refractivity contribution in [2.75, 3.05) is 0 Å². The van der Waals surface area contributed by atoms with Crippen LogP contribution in [-0.4, -0.2) is 21.5 Å². The quantitative estimate of drug-likeness (QED) is 0.341. The Balaban J connectivity index is 1.88. The molecular weight excluding hydrogens is 435 g/mol. The van der Waals surface area contributed by atoms with Gasteiger partial charge in [0.2, 0.25) is 0 Å². The Bertz CT molecular complexity index is 1100. The molecule has 1 unspecified atom stereocenters. The number of alkyl halides is 3. The lowest BCUT2D eigenvalue weighted by Gasteiger charge is -2.23. The molecule has 1 aliphatic rings. The third-order valence-corrected chi connectivity index (χ3v) is 5.05. The number of carbonyl (C=O) groups excluding carboxylic acids is 1. The van der Waals surface area contributed by atoms with Crippen molar-refractivity contribution in [2.24, 2.45) is 5.16 Å². The van der Waals surface area contributed by atoms with Crippen LogP contribution >= 0.6 is 0 Å². The maximum absolute atomic E-state index is 12.9. The van der Waals surface area contributed by atoms with Gasteiger partial charge in [0.05, 0.1) is 32.8 Å². The zero-order chi connectivity index (χ0) is 23.5. The Labute approximate surface area is 178 Å². The highest BCUT2D eigenvalue weighted by molar-refractivity contribution is 5.94. The van der Waals surface area contributed by atoms with E-state index in [1.807, 2.05) is 0 Å². The predicted octanol–water partition coefficient (Wildman–Crippen LogP) is 5.39. The third kappa shape index (κ3) is 5.07. The van der Waals surface area contributed by atoms with Crippen LogP contribution < -0.4 is 0 Å². The topological polar surface area (TPSA) is 125 Å². The Kier molecular flexibility index (Phi) is 6.51. The van der Waals surface area contributed by atoms with Crippen molar-refractivity contribution in [3.63, 3.8) is 0 Å². The smallest absolute Gasteiger partial charge is 0.313 e. The number of carbonyl (C=O) groups is 1. The van der Waals surface area contributed by atoms with E-state index in [9.17, 15) is 38.2 Å². The molecular formula is C20H16F3N3O6. The van der Waals surface area contributed by atoms with Gasteiger partial charge in [-0.2, -0.15) is 13.2 Å². The summed E-state index contributed by atoms with van der Waals surface area (Å²) in [5.74, 6) is -1.73. The first-order valence-corrected chi connectivity index (χ1v) is 9.46. The summed E-state index contributed by atoms with van der Waals surface area (Å²) in [7, 11) is 0. The number of halogens is 3. The molecule has 32 heavy (non-hydrogen) atoms. The highest BCUT2D eigenvalue weighted by Gasteiger charge is 2.32. The maximum atomic E-state index is 12.9. The molecule has 0 aromatic heterocycles. The first-order chi connectivity index (χ1) is 15.1. The third-order valence-electron chi connectivity index (χ3n) is 5.05. The monoisotopic (exact) mass is 451 g/mol. The number of nitro groups is 2. The van der Waals surface area contributed by atoms with Crippen LogP contribution in [0.15, 0.2) is 47.6 Å². The lowest BCUT2D eigenvalue weighted by atomic mass is 9.81. The van der Waals surface area contributed by atoms with E-state index in [0.29, 0.717) is 37.5 Å². The lowest BCUT2D eigenvalue weighted by molar-refractivity contribution is -0.394. The fourth-order valence-corrected chi connectivity index (χ4v) is 3.51. The van der Waals surface area contributed by atoms with Gasteiger partial charge in [0.25, 0.3) is 11.4 Å². The van der Waals surface area contributed by atoms with Crippen molar-refractivity contribution in [3.8, 4) is 0 Å². The van der Waals surface area contributed by atoms with Gasteiger partial charge in [0, 0.05) is 17.5 Å². The molecule has 0 amide bonds. The lowest BCUT2D eigenvalue weighted by Crippen LogP contribution is -2.20. The van der Waals surface area contributed by atoms with Gasteiger partial charge in [-0.15, -0.1) is 0 Å². The van der Waals surface area contributed by atoms with E-state index >= 15 is 0 Å². The molecule has 0 radical (unpaired) electrons. The Morgan fingerprint density at radius 1 is 1.06 bits per heavy atom. The van der Waals surface area contributed by atoms with Gasteiger partial charge in [-0.1, -0.05) is 17.6 Å². The molecule has 0 heterocycles. The van der Waals surface area contributed by atoms with Gasteiger partial charge >= 0.3 is 12.1 Å². The molecule has 0 saturated heterocycles. The van der Waals surface area contributed by atoms with Crippen LogP contribution in [0.2, 0.25) is 0 Å². The van der Waals surface area contributed by atoms with Gasteiger partial charge in [-0.25, -0.2) is 4.79 Å². The van der Waals surface area contributed by atoms with E-state index in [-0.39, 0.29) is 11.1 Å². The number of nitrogens with zero attached hydrogens (tertiary/aromatic N) is 3. The van der Waals surface area contributed by atoms with Gasteiger partial charge < -0.3 is 4.84 Å². The predicted molar refractivity (Wildman–Crippen MR) is 105 cm³/mol. The number of hydrogen-bond acceptors (Lipinski definition) is 7. The molecule has 3 rings (SSSR count). The molecule has 0 aliphatic heterocycles. The summed E-state index contributed by atoms with van der Waals surface area (Å²) in [6.07, 6.45) is -2.50. The van der Waals surface area contributed by atoms with Crippen molar-refractivity contribution in [3.05, 3.63) is 79.4 Å². The standard InChI is InChI=1S/C20H16F3N3O6/c21-20(22,23)13-5-3-4-12(10-13)19(27)32-24-17-7-2-1-6-15(17)16-9-8-14(25(28)29)11-18(16)26(30)31/h3-5,8-11,15H,1-2,6-7H2/b24-17-. The van der Waals surface area contributed by atoms with Crippen LogP contribution in [0.4, 0.5) is 24.5 Å². The Morgan fingerprint density at radius 2 is 1.81 bits per heavy atom. The highest BCUT2D eigenvalue weighted by atomic mass is 19.4. The van der Waals surface area contributed by atoms with Crippen molar-refractivity contribution >= 4 is 23.1 Å². The molecule has 2 aromatic carbocycles. The molecule has 1 aliphatic carbocycles. The SMILES string of the molecule is O=C(O/N=C1/CCCCC1c1ccc([N+](=O)[O-])cc1[N+](=O)[O-])c1cccc(C(F)(F)F)c1. The number of nitro benzene ring substituents is 2. The zero-order valence-electron chi connectivity index (χ0n) is 16.4. The minimum Gasteiger partial charge on any atom is -0.313 e. The van der Waals surface area contributed by atoms with Crippen molar-refractivity contribution < 1.29 is 32.6 Å². The second-order valence-electron chi connectivity index (χ2n) is 7.10. The number of non-ortho nitro benzene ring substituents is 1. The van der Waals surface area contributed by atoms with Crippen LogP contribution in [0.3, 0.4) is 0 Å². The van der Waals surface area contributed by atoms with Gasteiger partial charge in [-0.3, -0.25) is 20.2 Å². The summed E-state index contributed by atoms with van der Waals surface area (Å²) in [5.41, 5.74) is -1.77. The first-order valence-electron chi connectivity index (χ1n) is 9.46. The number of oxime groups is 1. The van der Waals surface area contributed by atoms with Gasteiger partial charge in [-0.05, 0) is 43.5 Å². The highest BCUT2D eigenvalue weighted by Crippen LogP contribution is 2.38. The van der Waals surface area contributed by atoms with Gasteiger partial charge in [0.15, 0.2) is 0 Å². The summed E-state index contributed by atoms with van der Waals surface area (Å²) in [4.78, 5) is 38.0. The number of benzene rings is 2. The van der Waals surface area contributed by atoms with Gasteiger partial charge in [0.1, 0.15) is 0 Å². The van der Waals surface area contributed by atoms with Crippen molar-refractivity contribution in [1.29, 1.82) is 0 Å². The Hall–Kier alpha value is -3.83. The number of hydrogen-bond donors (Lipinski definition) is 0. The Morgan fingerprint density at radius 3 is 2.47 bits per heavy atom. The summed E-state index contributed by atoms with van der Waals surface area (Å²) < 4.78 is 38.6. The van der Waals surface area contributed by atoms with Crippen molar-refractivity contribution in [1.82, 2.24) is 0 Å².